The Balaban J connectivity index is 1.96. The lowest BCUT2D eigenvalue weighted by molar-refractivity contribution is -0.141. The molecule has 1 aromatic rings. The lowest BCUT2D eigenvalue weighted by atomic mass is 9.99. The highest BCUT2D eigenvalue weighted by Crippen LogP contribution is 2.24. The molecular weight excluding hydrogens is 391 g/mol. The van der Waals surface area contributed by atoms with E-state index in [2.05, 4.69) is 10.7 Å². The van der Waals surface area contributed by atoms with E-state index in [-0.39, 0.29) is 24.0 Å². The van der Waals surface area contributed by atoms with Gasteiger partial charge in [0.1, 0.15) is 5.82 Å². The summed E-state index contributed by atoms with van der Waals surface area (Å²) in [6.07, 6.45) is 0.871. The molecule has 3 N–H and O–H groups in total. The number of hydrazine groups is 1. The van der Waals surface area contributed by atoms with E-state index in [1.165, 1.54) is 12.1 Å². The Kier molecular flexibility index (Phi) is 7.08. The van der Waals surface area contributed by atoms with E-state index < -0.39 is 39.5 Å². The van der Waals surface area contributed by atoms with Gasteiger partial charge in [0.15, 0.2) is 0 Å². The zero-order valence-electron chi connectivity index (χ0n) is 15.6. The molecule has 0 spiro atoms. The number of carbonyl (C=O) groups is 3. The average Bonchev–Trinajstić information content (AvgIpc) is 2.65. The monoisotopic (exact) mass is 414 g/mol. The normalized spacial score (nSPS) is 17.8. The second-order valence-electron chi connectivity index (χ2n) is 6.73. The number of benzene rings is 1. The van der Waals surface area contributed by atoms with Gasteiger partial charge in [0.2, 0.25) is 15.9 Å². The zero-order valence-corrected chi connectivity index (χ0v) is 16.4. The number of hydrogen-bond donors (Lipinski definition) is 3. The molecule has 1 heterocycles. The summed E-state index contributed by atoms with van der Waals surface area (Å²) in [5, 5.41) is 2.38. The first-order valence-electron chi connectivity index (χ1n) is 8.77. The van der Waals surface area contributed by atoms with E-state index in [4.69, 9.17) is 0 Å². The van der Waals surface area contributed by atoms with E-state index in [1.807, 2.05) is 5.43 Å². The van der Waals surface area contributed by atoms with Crippen LogP contribution in [0, 0.1) is 11.7 Å². The number of rotatable bonds is 4. The van der Waals surface area contributed by atoms with Crippen LogP contribution in [0.2, 0.25) is 0 Å². The molecule has 28 heavy (non-hydrogen) atoms. The lowest BCUT2D eigenvalue weighted by Crippen LogP contribution is -2.53. The Bertz CT molecular complexity index is 842. The molecule has 3 amide bonds. The Labute approximate surface area is 162 Å². The van der Waals surface area contributed by atoms with Crippen molar-refractivity contribution in [2.24, 2.45) is 5.92 Å². The Morgan fingerprint density at radius 3 is 2.36 bits per heavy atom. The molecule has 11 heteroatoms. The van der Waals surface area contributed by atoms with Crippen molar-refractivity contribution in [2.45, 2.75) is 37.6 Å². The van der Waals surface area contributed by atoms with E-state index in [1.54, 1.807) is 13.8 Å². The summed E-state index contributed by atoms with van der Waals surface area (Å²) in [5.41, 5.74) is 4.17. The fourth-order valence-electron chi connectivity index (χ4n) is 2.74. The van der Waals surface area contributed by atoms with Gasteiger partial charge in [-0.15, -0.1) is 0 Å². The average molecular weight is 414 g/mol. The largest absolute Gasteiger partial charge is 0.346 e. The van der Waals surface area contributed by atoms with E-state index in [0.717, 1.165) is 16.4 Å². The minimum Gasteiger partial charge on any atom is -0.346 e. The number of nitrogens with one attached hydrogen (secondary N) is 3. The topological polar surface area (TPSA) is 125 Å². The zero-order chi connectivity index (χ0) is 20.9. The van der Waals surface area contributed by atoms with Crippen molar-refractivity contribution in [3.63, 3.8) is 0 Å². The van der Waals surface area contributed by atoms with Gasteiger partial charge in [0, 0.05) is 19.1 Å². The third kappa shape index (κ3) is 5.49. The van der Waals surface area contributed by atoms with Gasteiger partial charge in [-0.25, -0.2) is 12.8 Å². The van der Waals surface area contributed by atoms with Crippen molar-refractivity contribution in [3.05, 3.63) is 30.1 Å². The van der Waals surface area contributed by atoms with Crippen LogP contribution in [-0.2, 0) is 24.4 Å². The maximum absolute atomic E-state index is 13.0. The lowest BCUT2D eigenvalue weighted by Gasteiger charge is -2.31. The predicted octanol–water partition coefficient (Wildman–Crippen LogP) is -0.102. The number of sulfonamides is 1. The second-order valence-corrected chi connectivity index (χ2v) is 8.67. The molecule has 154 valence electrons. The molecular formula is C17H23FN4O5S. The summed E-state index contributed by atoms with van der Waals surface area (Å²) in [6, 6.07) is 4.21. The minimum absolute atomic E-state index is 0.0615. The van der Waals surface area contributed by atoms with E-state index in [9.17, 15) is 27.2 Å². The van der Waals surface area contributed by atoms with Gasteiger partial charge in [-0.05, 0) is 51.0 Å². The molecule has 9 nitrogen and oxygen atoms in total. The molecule has 1 saturated heterocycles. The van der Waals surface area contributed by atoms with Crippen molar-refractivity contribution >= 4 is 27.7 Å². The van der Waals surface area contributed by atoms with Crippen LogP contribution in [0.4, 0.5) is 4.39 Å². The van der Waals surface area contributed by atoms with Crippen LogP contribution in [0.15, 0.2) is 29.2 Å². The SMILES string of the molecule is CC(C)NC(=O)C(=O)NNC(=O)[C@@H]1CCCN(S(=O)(=O)c2ccc(F)cc2)C1. The van der Waals surface area contributed by atoms with Crippen molar-refractivity contribution in [3.8, 4) is 0 Å². The number of nitrogens with zero attached hydrogens (tertiary/aromatic N) is 1. The van der Waals surface area contributed by atoms with Gasteiger partial charge >= 0.3 is 11.8 Å². The van der Waals surface area contributed by atoms with Crippen LogP contribution in [0.5, 0.6) is 0 Å². The molecule has 0 aliphatic carbocycles. The minimum atomic E-state index is -3.87. The molecule has 0 radical (unpaired) electrons. The third-order valence-corrected chi connectivity index (χ3v) is 6.01. The number of hydrogen-bond acceptors (Lipinski definition) is 5. The predicted molar refractivity (Wildman–Crippen MR) is 97.4 cm³/mol. The first-order chi connectivity index (χ1) is 13.1. The summed E-state index contributed by atoms with van der Waals surface area (Å²) < 4.78 is 39.5. The maximum atomic E-state index is 13.0. The number of amides is 3. The van der Waals surface area contributed by atoms with Gasteiger partial charge in [0.25, 0.3) is 0 Å². The molecule has 0 saturated carbocycles. The van der Waals surface area contributed by atoms with Gasteiger partial charge in [0.05, 0.1) is 10.8 Å². The quantitative estimate of drug-likeness (QED) is 0.469. The molecule has 1 aliphatic rings. The first-order valence-corrected chi connectivity index (χ1v) is 10.2. The highest BCUT2D eigenvalue weighted by molar-refractivity contribution is 7.89. The third-order valence-electron chi connectivity index (χ3n) is 4.13. The smallest absolute Gasteiger partial charge is 0.327 e. The fraction of sp³-hybridized carbons (Fsp3) is 0.471. The van der Waals surface area contributed by atoms with Crippen molar-refractivity contribution < 1.29 is 27.2 Å². The van der Waals surface area contributed by atoms with Gasteiger partial charge < -0.3 is 5.32 Å². The number of carbonyl (C=O) groups excluding carboxylic acids is 3. The van der Waals surface area contributed by atoms with Gasteiger partial charge in [-0.3, -0.25) is 25.2 Å². The van der Waals surface area contributed by atoms with Crippen LogP contribution >= 0.6 is 0 Å². The summed E-state index contributed by atoms with van der Waals surface area (Å²) in [4.78, 5) is 35.4. The summed E-state index contributed by atoms with van der Waals surface area (Å²) in [7, 11) is -3.87. The van der Waals surface area contributed by atoms with Gasteiger partial charge in [-0.1, -0.05) is 0 Å². The van der Waals surface area contributed by atoms with Crippen LogP contribution in [-0.4, -0.2) is 49.6 Å². The van der Waals surface area contributed by atoms with Crippen LogP contribution in [0.3, 0.4) is 0 Å². The van der Waals surface area contributed by atoms with Crippen LogP contribution in [0.25, 0.3) is 0 Å². The second kappa shape index (κ2) is 9.11. The summed E-state index contributed by atoms with van der Waals surface area (Å²) >= 11 is 0. The highest BCUT2D eigenvalue weighted by atomic mass is 32.2. The Morgan fingerprint density at radius 2 is 1.75 bits per heavy atom. The molecule has 0 bridgehead atoms. The molecule has 1 atom stereocenters. The Morgan fingerprint density at radius 1 is 1.11 bits per heavy atom. The fourth-order valence-corrected chi connectivity index (χ4v) is 4.26. The van der Waals surface area contributed by atoms with Crippen LogP contribution in [0.1, 0.15) is 26.7 Å². The van der Waals surface area contributed by atoms with Crippen molar-refractivity contribution in [1.29, 1.82) is 0 Å². The molecule has 0 unspecified atom stereocenters. The summed E-state index contributed by atoms with van der Waals surface area (Å²) in [6.45, 7) is 3.51. The number of piperidine rings is 1. The molecule has 2 rings (SSSR count). The summed E-state index contributed by atoms with van der Waals surface area (Å²) in [5.74, 6) is -3.75. The number of halogens is 1. The molecule has 1 aliphatic heterocycles. The molecule has 1 fully saturated rings. The highest BCUT2D eigenvalue weighted by Gasteiger charge is 2.33. The Hall–Kier alpha value is -2.53. The first kappa shape index (κ1) is 21.8. The standard InChI is InChI=1S/C17H23FN4O5S/c1-11(2)19-16(24)17(25)21-20-15(23)12-4-3-9-22(10-12)28(26,27)14-7-5-13(18)6-8-14/h5-8,11-12H,3-4,9-10H2,1-2H3,(H,19,24)(H,20,23)(H,21,25)/t12-/m1/s1. The van der Waals surface area contributed by atoms with Crippen molar-refractivity contribution in [2.75, 3.05) is 13.1 Å². The molecule has 1 aromatic carbocycles. The van der Waals surface area contributed by atoms with Crippen LogP contribution < -0.4 is 16.2 Å². The molecule has 0 aromatic heterocycles. The maximum Gasteiger partial charge on any atom is 0.327 e. The van der Waals surface area contributed by atoms with Crippen molar-refractivity contribution in [1.82, 2.24) is 20.5 Å². The van der Waals surface area contributed by atoms with E-state index in [0.29, 0.717) is 12.8 Å². The van der Waals surface area contributed by atoms with Gasteiger partial charge in [-0.2, -0.15) is 4.31 Å². The van der Waals surface area contributed by atoms with E-state index >= 15 is 0 Å².